The van der Waals surface area contributed by atoms with Gasteiger partial charge in [-0.05, 0) is 0 Å². The van der Waals surface area contributed by atoms with Crippen LogP contribution in [0.3, 0.4) is 0 Å². The van der Waals surface area contributed by atoms with E-state index in [-0.39, 0.29) is 0 Å². The van der Waals surface area contributed by atoms with Gasteiger partial charge >= 0.3 is 16.6 Å². The molecule has 84 valence electrons. The molecule has 1 rings (SSSR count). The van der Waals surface area contributed by atoms with Crippen molar-refractivity contribution < 1.29 is 30.3 Å². The Kier molecular flexibility index (Phi) is 2.86. The van der Waals surface area contributed by atoms with E-state index in [0.29, 0.717) is 12.3 Å². The number of rotatable bonds is 2. The summed E-state index contributed by atoms with van der Waals surface area (Å²) in [5, 5.41) is 0. The van der Waals surface area contributed by atoms with Crippen molar-refractivity contribution in [2.75, 3.05) is 0 Å². The van der Waals surface area contributed by atoms with Crippen LogP contribution in [0.5, 0.6) is 5.75 Å². The Bertz CT molecular complexity index is 456. The van der Waals surface area contributed by atoms with E-state index in [4.69, 9.17) is 4.55 Å². The number of hydrogen-bond acceptors (Lipinski definition) is 4. The summed E-state index contributed by atoms with van der Waals surface area (Å²) < 4.78 is 68.6. The van der Waals surface area contributed by atoms with Crippen molar-refractivity contribution in [1.29, 1.82) is 0 Å². The lowest BCUT2D eigenvalue weighted by atomic mass is 10.3. The molecule has 0 aliphatic rings. The lowest BCUT2D eigenvalue weighted by Gasteiger charge is -2.06. The summed E-state index contributed by atoms with van der Waals surface area (Å²) >= 11 is 0. The minimum Gasteiger partial charge on any atom is -0.362 e. The molecule has 0 radical (unpaired) electrons. The Hall–Kier alpha value is -1.35. The van der Waals surface area contributed by atoms with Gasteiger partial charge in [-0.1, -0.05) is 0 Å². The van der Waals surface area contributed by atoms with Gasteiger partial charge < -0.3 is 4.18 Å². The lowest BCUT2D eigenvalue weighted by Crippen LogP contribution is -2.10. The van der Waals surface area contributed by atoms with E-state index in [0.717, 1.165) is 6.07 Å². The summed E-state index contributed by atoms with van der Waals surface area (Å²) in [5.41, 5.74) is -1.32. The smallest absolute Gasteiger partial charge is 0.362 e. The van der Waals surface area contributed by atoms with Gasteiger partial charge in [0.2, 0.25) is 0 Å². The molecule has 15 heavy (non-hydrogen) atoms. The Morgan fingerprint density at radius 3 is 2.47 bits per heavy atom. The zero-order chi connectivity index (χ0) is 11.7. The minimum atomic E-state index is -4.83. The largest absolute Gasteiger partial charge is 0.446 e. The van der Waals surface area contributed by atoms with Crippen LogP contribution >= 0.6 is 0 Å². The van der Waals surface area contributed by atoms with Gasteiger partial charge in [0.25, 0.3) is 0 Å². The normalized spacial score (nSPS) is 12.5. The standard InChI is InChI=1S/C6H4F3NO4S/c7-6(8,9)5-3-4(1-2-10-5)14-15(11,12)13/h1-3H,(H,11,12,13). The first-order chi connectivity index (χ1) is 6.68. The molecule has 9 heteroatoms. The van der Waals surface area contributed by atoms with Crippen LogP contribution in [-0.2, 0) is 16.6 Å². The van der Waals surface area contributed by atoms with E-state index in [9.17, 15) is 21.6 Å². The number of halogens is 3. The zero-order valence-electron chi connectivity index (χ0n) is 6.89. The van der Waals surface area contributed by atoms with E-state index in [1.807, 2.05) is 0 Å². The fourth-order valence-corrected chi connectivity index (χ4v) is 1.09. The van der Waals surface area contributed by atoms with Crippen molar-refractivity contribution in [2.24, 2.45) is 0 Å². The second kappa shape index (κ2) is 3.66. The third kappa shape index (κ3) is 3.72. The molecule has 1 N–H and O–H groups in total. The number of aromatic nitrogens is 1. The molecule has 0 aromatic carbocycles. The maximum absolute atomic E-state index is 12.1. The van der Waals surface area contributed by atoms with Crippen LogP contribution in [0.25, 0.3) is 0 Å². The topological polar surface area (TPSA) is 76.5 Å². The van der Waals surface area contributed by atoms with Gasteiger partial charge in [0.05, 0.1) is 0 Å². The first kappa shape index (κ1) is 11.7. The molecule has 0 fully saturated rings. The maximum Gasteiger partial charge on any atom is 0.446 e. The Morgan fingerprint density at radius 2 is 2.00 bits per heavy atom. The van der Waals surface area contributed by atoms with Crippen LogP contribution in [-0.4, -0.2) is 18.0 Å². The molecule has 0 atom stereocenters. The summed E-state index contributed by atoms with van der Waals surface area (Å²) in [5.74, 6) is -0.667. The van der Waals surface area contributed by atoms with Crippen LogP contribution in [0.15, 0.2) is 18.3 Å². The molecule has 0 saturated carbocycles. The number of hydrogen-bond donors (Lipinski definition) is 1. The second-order valence-electron chi connectivity index (χ2n) is 2.39. The van der Waals surface area contributed by atoms with Gasteiger partial charge in [0.1, 0.15) is 11.4 Å². The highest BCUT2D eigenvalue weighted by molar-refractivity contribution is 7.81. The van der Waals surface area contributed by atoms with Crippen LogP contribution in [0, 0.1) is 0 Å². The molecule has 0 bridgehead atoms. The molecule has 0 amide bonds. The van der Waals surface area contributed by atoms with Crippen LogP contribution in [0.4, 0.5) is 13.2 Å². The van der Waals surface area contributed by atoms with E-state index in [1.165, 1.54) is 0 Å². The molecule has 0 spiro atoms. The van der Waals surface area contributed by atoms with Crippen molar-refractivity contribution >= 4 is 10.4 Å². The predicted octanol–water partition coefficient (Wildman–Crippen LogP) is 1.28. The van der Waals surface area contributed by atoms with E-state index >= 15 is 0 Å². The zero-order valence-corrected chi connectivity index (χ0v) is 7.71. The Balaban J connectivity index is 3.04. The lowest BCUT2D eigenvalue weighted by molar-refractivity contribution is -0.141. The molecule has 5 nitrogen and oxygen atoms in total. The molecular weight excluding hydrogens is 239 g/mol. The first-order valence-corrected chi connectivity index (χ1v) is 4.75. The molecule has 1 aromatic heterocycles. The molecule has 0 unspecified atom stereocenters. The van der Waals surface area contributed by atoms with Crippen LogP contribution in [0.2, 0.25) is 0 Å². The van der Waals surface area contributed by atoms with Gasteiger partial charge in [-0.25, -0.2) is 0 Å². The molecule has 1 heterocycles. The Morgan fingerprint density at radius 1 is 1.40 bits per heavy atom. The molecule has 0 aliphatic heterocycles. The maximum atomic E-state index is 12.1. The average molecular weight is 243 g/mol. The van der Waals surface area contributed by atoms with Crippen molar-refractivity contribution in [2.45, 2.75) is 6.18 Å². The van der Waals surface area contributed by atoms with Crippen molar-refractivity contribution in [3.05, 3.63) is 24.0 Å². The fourth-order valence-electron chi connectivity index (χ4n) is 0.740. The highest BCUT2D eigenvalue weighted by atomic mass is 32.3. The predicted molar refractivity (Wildman–Crippen MR) is 41.4 cm³/mol. The average Bonchev–Trinajstić information content (AvgIpc) is 1.99. The van der Waals surface area contributed by atoms with E-state index in [1.54, 1.807) is 0 Å². The molecule has 1 aromatic rings. The highest BCUT2D eigenvalue weighted by Crippen LogP contribution is 2.29. The summed E-state index contributed by atoms with van der Waals surface area (Å²) in [6.07, 6.45) is -4.00. The summed E-state index contributed by atoms with van der Waals surface area (Å²) in [4.78, 5) is 2.96. The molecule has 0 saturated heterocycles. The summed E-state index contributed by atoms with van der Waals surface area (Å²) in [6, 6.07) is 1.22. The van der Waals surface area contributed by atoms with Crippen LogP contribution < -0.4 is 4.18 Å². The van der Waals surface area contributed by atoms with Crippen LogP contribution in [0.1, 0.15) is 5.69 Å². The summed E-state index contributed by atoms with van der Waals surface area (Å²) in [7, 11) is -4.83. The number of pyridine rings is 1. The third-order valence-electron chi connectivity index (χ3n) is 1.22. The Labute approximate surface area is 82.5 Å². The quantitative estimate of drug-likeness (QED) is 0.792. The van der Waals surface area contributed by atoms with Gasteiger partial charge in [0, 0.05) is 18.3 Å². The van der Waals surface area contributed by atoms with Gasteiger partial charge in [-0.15, -0.1) is 0 Å². The number of alkyl halides is 3. The van der Waals surface area contributed by atoms with Gasteiger partial charge in [0.15, 0.2) is 0 Å². The van der Waals surface area contributed by atoms with Gasteiger partial charge in [-0.2, -0.15) is 21.6 Å². The fraction of sp³-hybridized carbons (Fsp3) is 0.167. The van der Waals surface area contributed by atoms with Gasteiger partial charge in [-0.3, -0.25) is 9.54 Å². The van der Waals surface area contributed by atoms with Crippen molar-refractivity contribution in [3.63, 3.8) is 0 Å². The van der Waals surface area contributed by atoms with E-state index < -0.39 is 28.0 Å². The third-order valence-corrected chi connectivity index (χ3v) is 1.63. The van der Waals surface area contributed by atoms with Crippen molar-refractivity contribution in [1.82, 2.24) is 4.98 Å². The van der Waals surface area contributed by atoms with E-state index in [2.05, 4.69) is 9.17 Å². The molecule has 0 aliphatic carbocycles. The second-order valence-corrected chi connectivity index (χ2v) is 3.41. The van der Waals surface area contributed by atoms with Crippen molar-refractivity contribution in [3.8, 4) is 5.75 Å². The SMILES string of the molecule is O=S(=O)(O)Oc1ccnc(C(F)(F)F)c1. The first-order valence-electron chi connectivity index (χ1n) is 3.38. The monoisotopic (exact) mass is 243 g/mol. The molecular formula is C6H4F3NO4S. The number of nitrogens with zero attached hydrogens (tertiary/aromatic N) is 1. The summed E-state index contributed by atoms with van der Waals surface area (Å²) in [6.45, 7) is 0. The minimum absolute atomic E-state index is 0.355. The highest BCUT2D eigenvalue weighted by Gasteiger charge is 2.32.